The van der Waals surface area contributed by atoms with Gasteiger partial charge in [-0.1, -0.05) is 54.6 Å². The molecule has 2 aromatic carbocycles. The fourth-order valence-electron chi connectivity index (χ4n) is 7.23. The zero-order valence-corrected chi connectivity index (χ0v) is 25.3. The summed E-state index contributed by atoms with van der Waals surface area (Å²) in [6.45, 7) is 7.60. The molecule has 3 aromatic rings. The first kappa shape index (κ1) is 29.9. The highest BCUT2D eigenvalue weighted by atomic mass is 16.3. The quantitative estimate of drug-likeness (QED) is 0.297. The molecule has 5 rings (SSSR count). The molecule has 1 heterocycles. The fraction of sp³-hybridized carbons (Fsp3) is 0.457. The molecular formula is C35H44N4O3. The van der Waals surface area contributed by atoms with Crippen LogP contribution in [0.3, 0.4) is 0 Å². The number of hydrogen-bond donors (Lipinski definition) is 3. The summed E-state index contributed by atoms with van der Waals surface area (Å²) in [5.74, 6) is 0.938. The third-order valence-corrected chi connectivity index (χ3v) is 9.02. The molecular weight excluding hydrogens is 524 g/mol. The highest BCUT2D eigenvalue weighted by molar-refractivity contribution is 5.92. The molecule has 0 aliphatic heterocycles. The summed E-state index contributed by atoms with van der Waals surface area (Å²) in [5, 5.41) is 13.3. The highest BCUT2D eigenvalue weighted by Crippen LogP contribution is 2.46. The zero-order chi connectivity index (χ0) is 30.1. The molecule has 222 valence electrons. The minimum Gasteiger partial charge on any atom is -0.390 e. The third kappa shape index (κ3) is 6.58. The van der Waals surface area contributed by atoms with Gasteiger partial charge < -0.3 is 21.1 Å². The number of nitrogens with zero attached hydrogens (tertiary/aromatic N) is 2. The maximum absolute atomic E-state index is 13.1. The van der Waals surface area contributed by atoms with Gasteiger partial charge in [-0.05, 0) is 93.5 Å². The Bertz CT molecular complexity index is 1400. The first-order valence-electron chi connectivity index (χ1n) is 15.2. The van der Waals surface area contributed by atoms with Crippen LogP contribution in [-0.4, -0.2) is 44.5 Å². The topological polar surface area (TPSA) is 109 Å². The van der Waals surface area contributed by atoms with Crippen molar-refractivity contribution < 1.29 is 14.7 Å². The molecule has 0 spiro atoms. The van der Waals surface area contributed by atoms with Crippen molar-refractivity contribution >= 4 is 17.6 Å². The number of aromatic nitrogens is 1. The van der Waals surface area contributed by atoms with E-state index in [9.17, 15) is 14.7 Å². The molecule has 2 aliphatic carbocycles. The van der Waals surface area contributed by atoms with Crippen molar-refractivity contribution in [3.8, 4) is 22.3 Å². The molecule has 2 aliphatic rings. The minimum absolute atomic E-state index is 0.0287. The summed E-state index contributed by atoms with van der Waals surface area (Å²) in [4.78, 5) is 31.8. The lowest BCUT2D eigenvalue weighted by atomic mass is 9.63. The molecule has 2 amide bonds. The average molecular weight is 569 g/mol. The van der Waals surface area contributed by atoms with Gasteiger partial charge in [0.1, 0.15) is 5.82 Å². The first-order chi connectivity index (χ1) is 19.9. The van der Waals surface area contributed by atoms with E-state index in [2.05, 4.69) is 48.4 Å². The van der Waals surface area contributed by atoms with Gasteiger partial charge in [-0.2, -0.15) is 0 Å². The van der Waals surface area contributed by atoms with Crippen LogP contribution < -0.4 is 11.1 Å². The molecule has 1 aromatic heterocycles. The summed E-state index contributed by atoms with van der Waals surface area (Å²) < 4.78 is 0. The molecule has 2 saturated carbocycles. The number of carbonyl (C=O) groups is 2. The number of hydrogen-bond acceptors (Lipinski definition) is 5. The van der Waals surface area contributed by atoms with E-state index in [0.29, 0.717) is 31.0 Å². The third-order valence-electron chi connectivity index (χ3n) is 9.02. The van der Waals surface area contributed by atoms with Crippen LogP contribution in [0.5, 0.6) is 0 Å². The summed E-state index contributed by atoms with van der Waals surface area (Å²) in [6.07, 6.45) is 7.11. The van der Waals surface area contributed by atoms with Crippen LogP contribution in [-0.2, 0) is 15.1 Å². The molecule has 0 radical (unpaired) electrons. The summed E-state index contributed by atoms with van der Waals surface area (Å²) in [7, 11) is 0. The van der Waals surface area contributed by atoms with Gasteiger partial charge in [0, 0.05) is 42.7 Å². The number of nitrogens with two attached hydrogens (primary N) is 1. The first-order valence-corrected chi connectivity index (χ1v) is 15.2. The van der Waals surface area contributed by atoms with Gasteiger partial charge in [-0.15, -0.1) is 0 Å². The predicted molar refractivity (Wildman–Crippen MR) is 167 cm³/mol. The standard InChI is InChI=1S/C35H44N4O3/c1-23(2)39(24(3)40)29-16-10-25(11-17-29)18-33(41)38-32-19-30(26-8-6-5-7-9-26)31(20-37-32)27-12-14-28(15-13-27)35(36)21-34(4,42)22-35/h5-9,12-15,19-20,23,25,29,42H,10-11,16-18,21-22,36H2,1-4H3,(H,37,38,41)/t25?,29?,34-,35-. The van der Waals surface area contributed by atoms with Crippen molar-refractivity contribution in [1.82, 2.24) is 9.88 Å². The van der Waals surface area contributed by atoms with E-state index in [-0.39, 0.29) is 23.9 Å². The zero-order valence-electron chi connectivity index (χ0n) is 25.3. The number of nitrogens with one attached hydrogen (secondary N) is 1. The number of rotatable bonds is 8. The maximum Gasteiger partial charge on any atom is 0.225 e. The molecule has 0 saturated heterocycles. The van der Waals surface area contributed by atoms with Crippen molar-refractivity contribution in [2.24, 2.45) is 11.7 Å². The van der Waals surface area contributed by atoms with Crippen molar-refractivity contribution in [3.05, 3.63) is 72.4 Å². The second kappa shape index (κ2) is 12.0. The van der Waals surface area contributed by atoms with Crippen LogP contribution in [0.15, 0.2) is 66.9 Å². The van der Waals surface area contributed by atoms with E-state index in [1.54, 1.807) is 6.92 Å². The fourth-order valence-corrected chi connectivity index (χ4v) is 7.23. The van der Waals surface area contributed by atoms with Crippen LogP contribution in [0.1, 0.15) is 78.2 Å². The number of pyridine rings is 1. The Hall–Kier alpha value is -3.55. The monoisotopic (exact) mass is 568 g/mol. The smallest absolute Gasteiger partial charge is 0.225 e. The molecule has 42 heavy (non-hydrogen) atoms. The number of anilines is 1. The van der Waals surface area contributed by atoms with E-state index in [1.807, 2.05) is 54.4 Å². The molecule has 4 N–H and O–H groups in total. The van der Waals surface area contributed by atoms with E-state index in [4.69, 9.17) is 5.73 Å². The van der Waals surface area contributed by atoms with Gasteiger partial charge in [0.25, 0.3) is 0 Å². The molecule has 7 nitrogen and oxygen atoms in total. The lowest BCUT2D eigenvalue weighted by Crippen LogP contribution is -2.58. The second-order valence-corrected chi connectivity index (χ2v) is 13.0. The van der Waals surface area contributed by atoms with E-state index in [1.165, 1.54) is 0 Å². The lowest BCUT2D eigenvalue weighted by molar-refractivity contribution is -0.134. The minimum atomic E-state index is -0.706. The summed E-state index contributed by atoms with van der Waals surface area (Å²) in [5.41, 5.74) is 10.4. The van der Waals surface area contributed by atoms with Crippen LogP contribution in [0.2, 0.25) is 0 Å². The van der Waals surface area contributed by atoms with Crippen molar-refractivity contribution in [2.75, 3.05) is 5.32 Å². The van der Waals surface area contributed by atoms with Crippen LogP contribution >= 0.6 is 0 Å². The van der Waals surface area contributed by atoms with E-state index < -0.39 is 11.1 Å². The van der Waals surface area contributed by atoms with E-state index in [0.717, 1.165) is 53.5 Å². The molecule has 7 heteroatoms. The van der Waals surface area contributed by atoms with E-state index >= 15 is 0 Å². The Kier molecular flexibility index (Phi) is 8.53. The Morgan fingerprint density at radius 1 is 1.00 bits per heavy atom. The average Bonchev–Trinajstić information content (AvgIpc) is 2.93. The van der Waals surface area contributed by atoms with Crippen LogP contribution in [0.25, 0.3) is 22.3 Å². The molecule has 0 atom stereocenters. The van der Waals surface area contributed by atoms with Crippen molar-refractivity contribution in [3.63, 3.8) is 0 Å². The Labute approximate surface area is 249 Å². The predicted octanol–water partition coefficient (Wildman–Crippen LogP) is 6.26. The number of benzene rings is 2. The summed E-state index contributed by atoms with van der Waals surface area (Å²) in [6, 6.07) is 20.7. The molecule has 0 bridgehead atoms. The van der Waals surface area contributed by atoms with Gasteiger partial charge in [0.15, 0.2) is 0 Å². The van der Waals surface area contributed by atoms with Gasteiger partial charge in [0.2, 0.25) is 11.8 Å². The van der Waals surface area contributed by atoms with Gasteiger partial charge in [0.05, 0.1) is 5.60 Å². The SMILES string of the molecule is CC(=O)N(C(C)C)C1CCC(CC(=O)Nc2cc(-c3ccccc3)c(-c3ccc([C@]4(N)C[C@](C)(O)C4)cc3)cn2)CC1. The summed E-state index contributed by atoms with van der Waals surface area (Å²) >= 11 is 0. The Morgan fingerprint density at radius 2 is 1.62 bits per heavy atom. The number of aliphatic hydroxyl groups is 1. The van der Waals surface area contributed by atoms with Crippen LogP contribution in [0.4, 0.5) is 5.82 Å². The van der Waals surface area contributed by atoms with Crippen molar-refractivity contribution in [2.45, 2.75) is 95.9 Å². The van der Waals surface area contributed by atoms with Gasteiger partial charge >= 0.3 is 0 Å². The maximum atomic E-state index is 13.1. The number of carbonyl (C=O) groups excluding carboxylic acids is 2. The van der Waals surface area contributed by atoms with Gasteiger partial charge in [-0.3, -0.25) is 9.59 Å². The second-order valence-electron chi connectivity index (χ2n) is 13.0. The van der Waals surface area contributed by atoms with Gasteiger partial charge in [-0.25, -0.2) is 4.98 Å². The van der Waals surface area contributed by atoms with Crippen molar-refractivity contribution in [1.29, 1.82) is 0 Å². The number of amides is 2. The largest absolute Gasteiger partial charge is 0.390 e. The van der Waals surface area contributed by atoms with Crippen LogP contribution in [0, 0.1) is 5.92 Å². The normalized spacial score (nSPS) is 25.5. The Morgan fingerprint density at radius 3 is 2.19 bits per heavy atom. The molecule has 2 fully saturated rings. The lowest BCUT2D eigenvalue weighted by Gasteiger charge is -2.49. The molecule has 0 unspecified atom stereocenters. The Balaban J connectivity index is 1.28. The highest BCUT2D eigenvalue weighted by Gasteiger charge is 2.49.